The normalized spacial score (nSPS) is 12.0. The summed E-state index contributed by atoms with van der Waals surface area (Å²) in [4.78, 5) is 7.67. The van der Waals surface area contributed by atoms with Gasteiger partial charge in [-0.15, -0.1) is 0 Å². The van der Waals surface area contributed by atoms with Crippen molar-refractivity contribution in [1.82, 2.24) is 24.9 Å². The van der Waals surface area contributed by atoms with Gasteiger partial charge in [0.1, 0.15) is 10.7 Å². The lowest BCUT2D eigenvalue weighted by Crippen LogP contribution is -2.25. The van der Waals surface area contributed by atoms with Crippen molar-refractivity contribution in [3.8, 4) is 0 Å². The zero-order valence-electron chi connectivity index (χ0n) is 10.5. The lowest BCUT2D eigenvalue weighted by molar-refractivity contribution is 0.581. The Hall–Kier alpha value is -2.19. The zero-order chi connectivity index (χ0) is 14.0. The van der Waals surface area contributed by atoms with Crippen molar-refractivity contribution in [2.45, 2.75) is 11.3 Å². The molecule has 0 fully saturated rings. The van der Waals surface area contributed by atoms with Crippen molar-refractivity contribution in [3.05, 3.63) is 42.5 Å². The number of hydrogen-bond acceptors (Lipinski definition) is 4. The molecule has 0 radical (unpaired) electrons. The first kappa shape index (κ1) is 12.8. The summed E-state index contributed by atoms with van der Waals surface area (Å²) in [6.07, 6.45) is 3.10. The minimum absolute atomic E-state index is 0.127. The summed E-state index contributed by atoms with van der Waals surface area (Å²) in [5, 5.41) is 6.09. The van der Waals surface area contributed by atoms with Crippen molar-refractivity contribution in [1.29, 1.82) is 0 Å². The van der Waals surface area contributed by atoms with Crippen molar-refractivity contribution in [3.63, 3.8) is 0 Å². The van der Waals surface area contributed by atoms with Crippen LogP contribution in [0.4, 0.5) is 0 Å². The van der Waals surface area contributed by atoms with E-state index in [1.807, 2.05) is 24.3 Å². The van der Waals surface area contributed by atoms with Crippen LogP contribution in [0.25, 0.3) is 11.0 Å². The Bertz CT molecular complexity index is 774. The van der Waals surface area contributed by atoms with E-state index in [9.17, 15) is 8.42 Å². The molecular formula is C12H13N5O2S. The average Bonchev–Trinajstić information content (AvgIpc) is 3.07. The van der Waals surface area contributed by atoms with E-state index in [0.717, 1.165) is 16.9 Å². The molecule has 0 aliphatic rings. The molecule has 0 aliphatic carbocycles. The molecule has 7 nitrogen and oxygen atoms in total. The molecule has 0 atom stereocenters. The molecule has 1 aromatic carbocycles. The van der Waals surface area contributed by atoms with E-state index in [-0.39, 0.29) is 11.4 Å². The summed E-state index contributed by atoms with van der Waals surface area (Å²) in [6.45, 7) is 0.271. The maximum atomic E-state index is 11.9. The minimum Gasteiger partial charge on any atom is -0.342 e. The van der Waals surface area contributed by atoms with Gasteiger partial charge in [-0.1, -0.05) is 12.1 Å². The monoisotopic (exact) mass is 291 g/mol. The highest BCUT2D eigenvalue weighted by molar-refractivity contribution is 7.89. The van der Waals surface area contributed by atoms with Crippen LogP contribution < -0.4 is 4.72 Å². The summed E-state index contributed by atoms with van der Waals surface area (Å²) in [7, 11) is -3.50. The number of hydrogen-bond donors (Lipinski definition) is 3. The molecule has 104 valence electrons. The van der Waals surface area contributed by atoms with Crippen LogP contribution in [0, 0.1) is 0 Å². The van der Waals surface area contributed by atoms with Gasteiger partial charge >= 0.3 is 0 Å². The highest BCUT2D eigenvalue weighted by atomic mass is 32.2. The number of fused-ring (bicyclic) bond motifs is 1. The summed E-state index contributed by atoms with van der Waals surface area (Å²) in [5.41, 5.74) is 1.82. The molecule has 2 aromatic heterocycles. The van der Waals surface area contributed by atoms with Gasteiger partial charge in [0.25, 0.3) is 0 Å². The molecule has 3 aromatic rings. The first-order valence-corrected chi connectivity index (χ1v) is 7.55. The van der Waals surface area contributed by atoms with Crippen molar-refractivity contribution in [2.24, 2.45) is 0 Å². The molecule has 0 saturated heterocycles. The molecule has 0 bridgehead atoms. The largest absolute Gasteiger partial charge is 0.342 e. The number of nitrogens with one attached hydrogen (secondary N) is 3. The van der Waals surface area contributed by atoms with Gasteiger partial charge in [0, 0.05) is 19.2 Å². The molecule has 3 N–H and O–H groups in total. The number of rotatable bonds is 5. The second kappa shape index (κ2) is 5.06. The fourth-order valence-electron chi connectivity index (χ4n) is 1.90. The Morgan fingerprint density at radius 3 is 2.85 bits per heavy atom. The molecule has 0 aliphatic heterocycles. The highest BCUT2D eigenvalue weighted by Gasteiger charge is 2.14. The van der Waals surface area contributed by atoms with Gasteiger partial charge in [-0.05, 0) is 12.1 Å². The third kappa shape index (κ3) is 2.56. The molecule has 0 unspecified atom stereocenters. The number of H-pyrrole nitrogens is 2. The Labute approximate surface area is 115 Å². The fourth-order valence-corrected chi connectivity index (χ4v) is 2.83. The average molecular weight is 291 g/mol. The quantitative estimate of drug-likeness (QED) is 0.647. The van der Waals surface area contributed by atoms with E-state index >= 15 is 0 Å². The van der Waals surface area contributed by atoms with E-state index in [1.165, 1.54) is 12.4 Å². The van der Waals surface area contributed by atoms with Gasteiger partial charge in [0.05, 0.1) is 17.2 Å². The third-order valence-electron chi connectivity index (χ3n) is 2.88. The number of para-hydroxylation sites is 2. The van der Waals surface area contributed by atoms with Gasteiger partial charge in [0.2, 0.25) is 10.0 Å². The third-order valence-corrected chi connectivity index (χ3v) is 4.30. The van der Waals surface area contributed by atoms with E-state index in [2.05, 4.69) is 24.9 Å². The standard InChI is InChI=1S/C12H13N5O2S/c18-20(19,9-7-13-14-8-9)15-6-5-12-16-10-3-1-2-4-11(10)17-12/h1-4,7-8,15H,5-6H2,(H,13,14)(H,16,17). The predicted molar refractivity (Wildman–Crippen MR) is 73.6 cm³/mol. The van der Waals surface area contributed by atoms with Crippen LogP contribution in [-0.4, -0.2) is 35.1 Å². The topological polar surface area (TPSA) is 104 Å². The van der Waals surface area contributed by atoms with Gasteiger partial charge in [-0.25, -0.2) is 18.1 Å². The molecule has 3 rings (SSSR count). The number of aromatic amines is 2. The number of aromatic nitrogens is 4. The smallest absolute Gasteiger partial charge is 0.243 e. The van der Waals surface area contributed by atoms with Crippen LogP contribution in [-0.2, 0) is 16.4 Å². The van der Waals surface area contributed by atoms with Gasteiger partial charge in [-0.2, -0.15) is 5.10 Å². The van der Waals surface area contributed by atoms with Crippen molar-refractivity contribution in [2.75, 3.05) is 6.54 Å². The van der Waals surface area contributed by atoms with E-state index < -0.39 is 10.0 Å². The first-order chi connectivity index (χ1) is 9.65. The lowest BCUT2D eigenvalue weighted by Gasteiger charge is -2.02. The SMILES string of the molecule is O=S(=O)(NCCc1nc2ccccc2[nH]1)c1cn[nH]c1. The maximum Gasteiger partial charge on any atom is 0.243 e. The Morgan fingerprint density at radius 2 is 2.10 bits per heavy atom. The van der Waals surface area contributed by atoms with E-state index in [4.69, 9.17) is 0 Å². The second-order valence-corrected chi connectivity index (χ2v) is 6.05. The Morgan fingerprint density at radius 1 is 1.25 bits per heavy atom. The van der Waals surface area contributed by atoms with Crippen LogP contribution >= 0.6 is 0 Å². The van der Waals surface area contributed by atoms with Gasteiger partial charge in [0.15, 0.2) is 0 Å². The summed E-state index contributed by atoms with van der Waals surface area (Å²) >= 11 is 0. The Balaban J connectivity index is 1.65. The van der Waals surface area contributed by atoms with Crippen LogP contribution in [0.1, 0.15) is 5.82 Å². The number of sulfonamides is 1. The Kier molecular flexibility index (Phi) is 3.25. The van der Waals surface area contributed by atoms with Gasteiger partial charge < -0.3 is 4.98 Å². The molecule has 0 spiro atoms. The number of nitrogens with zero attached hydrogens (tertiary/aromatic N) is 2. The maximum absolute atomic E-state index is 11.9. The second-order valence-electron chi connectivity index (χ2n) is 4.28. The molecule has 20 heavy (non-hydrogen) atoms. The zero-order valence-corrected chi connectivity index (χ0v) is 11.3. The highest BCUT2D eigenvalue weighted by Crippen LogP contribution is 2.10. The van der Waals surface area contributed by atoms with Crippen LogP contribution in [0.15, 0.2) is 41.6 Å². The molecule has 8 heteroatoms. The lowest BCUT2D eigenvalue weighted by atomic mass is 10.3. The fraction of sp³-hybridized carbons (Fsp3) is 0.167. The summed E-state index contributed by atoms with van der Waals surface area (Å²) < 4.78 is 26.2. The number of imidazole rings is 1. The van der Waals surface area contributed by atoms with Crippen LogP contribution in [0.5, 0.6) is 0 Å². The first-order valence-electron chi connectivity index (χ1n) is 6.07. The van der Waals surface area contributed by atoms with Crippen LogP contribution in [0.3, 0.4) is 0 Å². The van der Waals surface area contributed by atoms with Crippen molar-refractivity contribution >= 4 is 21.1 Å². The summed E-state index contributed by atoms with van der Waals surface area (Å²) in [6, 6.07) is 7.67. The summed E-state index contributed by atoms with van der Waals surface area (Å²) in [5.74, 6) is 0.751. The molecule has 0 amide bonds. The number of benzene rings is 1. The van der Waals surface area contributed by atoms with E-state index in [0.29, 0.717) is 6.42 Å². The molecule has 2 heterocycles. The molecular weight excluding hydrogens is 278 g/mol. The molecule has 0 saturated carbocycles. The predicted octanol–water partition coefficient (Wildman–Crippen LogP) is 0.807. The minimum atomic E-state index is -3.50. The van der Waals surface area contributed by atoms with Crippen LogP contribution in [0.2, 0.25) is 0 Å². The van der Waals surface area contributed by atoms with Gasteiger partial charge in [-0.3, -0.25) is 5.10 Å². The van der Waals surface area contributed by atoms with E-state index in [1.54, 1.807) is 0 Å². The van der Waals surface area contributed by atoms with Crippen molar-refractivity contribution < 1.29 is 8.42 Å².